The zero-order chi connectivity index (χ0) is 20.2. The van der Waals surface area contributed by atoms with Gasteiger partial charge in [0, 0.05) is 29.6 Å². The number of hydrogen-bond donors (Lipinski definition) is 1. The number of rotatable bonds is 3. The third-order valence-corrected chi connectivity index (χ3v) is 7.40. The second-order valence-corrected chi connectivity index (χ2v) is 9.10. The molecule has 7 heteroatoms. The Morgan fingerprint density at radius 2 is 1.90 bits per heavy atom. The van der Waals surface area contributed by atoms with Crippen LogP contribution < -0.4 is 10.1 Å². The second-order valence-electron chi connectivity index (χ2n) is 7.67. The van der Waals surface area contributed by atoms with Crippen molar-refractivity contribution in [1.29, 1.82) is 0 Å². The third kappa shape index (κ3) is 3.07. The summed E-state index contributed by atoms with van der Waals surface area (Å²) in [5.41, 5.74) is 1.91. The quantitative estimate of drug-likeness (QED) is 0.678. The molecule has 2 aliphatic rings. The van der Waals surface area contributed by atoms with Gasteiger partial charge in [-0.1, -0.05) is 35.9 Å². The van der Waals surface area contributed by atoms with Crippen molar-refractivity contribution in [3.63, 3.8) is 0 Å². The highest BCUT2D eigenvalue weighted by Crippen LogP contribution is 2.40. The Hall–Kier alpha value is -2.57. The lowest BCUT2D eigenvalue weighted by molar-refractivity contribution is -0.120. The van der Waals surface area contributed by atoms with Crippen LogP contribution in [0.2, 0.25) is 5.02 Å². The fourth-order valence-electron chi connectivity index (χ4n) is 4.15. The zero-order valence-corrected chi connectivity index (χ0v) is 17.4. The highest BCUT2D eigenvalue weighted by Gasteiger charge is 2.49. The lowest BCUT2D eigenvalue weighted by Crippen LogP contribution is -2.68. The molecule has 2 saturated heterocycles. The molecule has 2 amide bonds. The SMILES string of the molecule is COc1ccc(-c2ccc3c(Cl)c(C(=O)N4CC5(CCC(=O)N5)C4)sc3c2)cc1. The zero-order valence-electron chi connectivity index (χ0n) is 15.8. The minimum atomic E-state index is -0.225. The van der Waals surface area contributed by atoms with Crippen LogP contribution >= 0.6 is 22.9 Å². The standard InChI is InChI=1S/C22H19ClN2O3S/c1-28-15-5-2-13(3-6-15)14-4-7-16-17(10-14)29-20(19(16)23)21(27)25-11-22(12-25)9-8-18(26)24-22/h2-7,10H,8-9,11-12H2,1H3,(H,24,26). The number of nitrogens with one attached hydrogen (secondary N) is 1. The van der Waals surface area contributed by atoms with Crippen LogP contribution in [-0.4, -0.2) is 42.5 Å². The normalized spacial score (nSPS) is 17.4. The van der Waals surface area contributed by atoms with Crippen LogP contribution in [0.1, 0.15) is 22.5 Å². The number of nitrogens with zero attached hydrogens (tertiary/aromatic N) is 1. The lowest BCUT2D eigenvalue weighted by Gasteiger charge is -2.47. The molecule has 0 saturated carbocycles. The molecule has 148 valence electrons. The minimum absolute atomic E-state index is 0.0611. The summed E-state index contributed by atoms with van der Waals surface area (Å²) in [5, 5.41) is 4.40. The van der Waals surface area contributed by atoms with E-state index in [1.807, 2.05) is 36.4 Å². The summed E-state index contributed by atoms with van der Waals surface area (Å²) in [4.78, 5) is 26.8. The summed E-state index contributed by atoms with van der Waals surface area (Å²) in [7, 11) is 1.65. The predicted molar refractivity (Wildman–Crippen MR) is 115 cm³/mol. The van der Waals surface area contributed by atoms with Gasteiger partial charge < -0.3 is 15.0 Å². The Morgan fingerprint density at radius 1 is 1.17 bits per heavy atom. The van der Waals surface area contributed by atoms with Crippen molar-refractivity contribution in [2.75, 3.05) is 20.2 Å². The maximum atomic E-state index is 13.0. The Labute approximate surface area is 177 Å². The van der Waals surface area contributed by atoms with Crippen LogP contribution in [0.15, 0.2) is 42.5 Å². The Morgan fingerprint density at radius 3 is 2.55 bits per heavy atom. The van der Waals surface area contributed by atoms with Crippen molar-refractivity contribution >= 4 is 44.8 Å². The monoisotopic (exact) mass is 426 g/mol. The molecule has 2 aliphatic heterocycles. The number of methoxy groups -OCH3 is 1. The average Bonchev–Trinajstić information content (AvgIpc) is 3.27. The smallest absolute Gasteiger partial charge is 0.265 e. The first-order chi connectivity index (χ1) is 14.0. The average molecular weight is 427 g/mol. The van der Waals surface area contributed by atoms with Gasteiger partial charge in [0.25, 0.3) is 5.91 Å². The van der Waals surface area contributed by atoms with Gasteiger partial charge in [0.05, 0.1) is 17.7 Å². The van der Waals surface area contributed by atoms with Gasteiger partial charge in [0.1, 0.15) is 10.6 Å². The molecule has 0 bridgehead atoms. The molecule has 2 aromatic carbocycles. The number of carbonyl (C=O) groups excluding carboxylic acids is 2. The van der Waals surface area contributed by atoms with E-state index in [0.717, 1.165) is 33.4 Å². The molecule has 1 N–H and O–H groups in total. The van der Waals surface area contributed by atoms with Crippen molar-refractivity contribution in [2.24, 2.45) is 0 Å². The lowest BCUT2D eigenvalue weighted by atomic mass is 9.88. The Balaban J connectivity index is 1.41. The Bertz CT molecular complexity index is 1130. The van der Waals surface area contributed by atoms with Crippen molar-refractivity contribution in [2.45, 2.75) is 18.4 Å². The molecular weight excluding hydrogens is 408 g/mol. The summed E-state index contributed by atoms with van der Waals surface area (Å²) >= 11 is 7.99. The molecular formula is C22H19ClN2O3S. The fourth-order valence-corrected chi connectivity index (χ4v) is 5.67. The number of thiophene rings is 1. The van der Waals surface area contributed by atoms with Crippen LogP contribution in [0.5, 0.6) is 5.75 Å². The maximum absolute atomic E-state index is 13.0. The fraction of sp³-hybridized carbons (Fsp3) is 0.273. The van der Waals surface area contributed by atoms with E-state index < -0.39 is 0 Å². The summed E-state index contributed by atoms with van der Waals surface area (Å²) in [5.74, 6) is 0.824. The van der Waals surface area contributed by atoms with E-state index >= 15 is 0 Å². The minimum Gasteiger partial charge on any atom is -0.497 e. The molecule has 0 aliphatic carbocycles. The van der Waals surface area contributed by atoms with E-state index in [9.17, 15) is 9.59 Å². The molecule has 5 rings (SSSR count). The number of halogens is 1. The van der Waals surface area contributed by atoms with Crippen LogP contribution in [-0.2, 0) is 4.79 Å². The highest BCUT2D eigenvalue weighted by molar-refractivity contribution is 7.21. The number of amides is 2. The van der Waals surface area contributed by atoms with Gasteiger partial charge in [-0.2, -0.15) is 0 Å². The maximum Gasteiger partial charge on any atom is 0.265 e. The molecule has 0 radical (unpaired) electrons. The van der Waals surface area contributed by atoms with Crippen LogP contribution in [0.4, 0.5) is 0 Å². The van der Waals surface area contributed by atoms with E-state index in [1.54, 1.807) is 12.0 Å². The van der Waals surface area contributed by atoms with Gasteiger partial charge in [-0.3, -0.25) is 9.59 Å². The predicted octanol–water partition coefficient (Wildman–Crippen LogP) is 4.33. The van der Waals surface area contributed by atoms with E-state index in [-0.39, 0.29) is 17.4 Å². The molecule has 5 nitrogen and oxygen atoms in total. The number of carbonyl (C=O) groups is 2. The summed E-state index contributed by atoms with van der Waals surface area (Å²) in [6, 6.07) is 13.9. The molecule has 3 heterocycles. The van der Waals surface area contributed by atoms with Gasteiger partial charge in [-0.05, 0) is 35.7 Å². The van der Waals surface area contributed by atoms with Gasteiger partial charge in [-0.15, -0.1) is 11.3 Å². The molecule has 0 unspecified atom stereocenters. The van der Waals surface area contributed by atoms with E-state index in [0.29, 0.717) is 29.4 Å². The topological polar surface area (TPSA) is 58.6 Å². The van der Waals surface area contributed by atoms with E-state index in [2.05, 4.69) is 11.4 Å². The number of hydrogen-bond acceptors (Lipinski definition) is 4. The molecule has 2 fully saturated rings. The molecule has 1 spiro atoms. The first-order valence-corrected chi connectivity index (χ1v) is 10.6. The Kier molecular flexibility index (Phi) is 4.29. The third-order valence-electron chi connectivity index (χ3n) is 5.76. The molecule has 0 atom stereocenters. The van der Waals surface area contributed by atoms with Crippen molar-refractivity contribution in [3.8, 4) is 16.9 Å². The summed E-state index contributed by atoms with van der Waals surface area (Å²) in [6.07, 6.45) is 1.33. The summed E-state index contributed by atoms with van der Waals surface area (Å²) < 4.78 is 6.20. The second kappa shape index (κ2) is 6.75. The van der Waals surface area contributed by atoms with E-state index in [1.165, 1.54) is 11.3 Å². The molecule has 1 aromatic heterocycles. The van der Waals surface area contributed by atoms with Gasteiger partial charge >= 0.3 is 0 Å². The van der Waals surface area contributed by atoms with Gasteiger partial charge in [0.2, 0.25) is 5.91 Å². The number of ether oxygens (including phenoxy) is 1. The van der Waals surface area contributed by atoms with E-state index in [4.69, 9.17) is 16.3 Å². The van der Waals surface area contributed by atoms with Crippen molar-refractivity contribution in [3.05, 3.63) is 52.4 Å². The highest BCUT2D eigenvalue weighted by atomic mass is 35.5. The molecule has 3 aromatic rings. The van der Waals surface area contributed by atoms with Crippen LogP contribution in [0, 0.1) is 0 Å². The van der Waals surface area contributed by atoms with Gasteiger partial charge in [0.15, 0.2) is 0 Å². The first kappa shape index (κ1) is 18.5. The van der Waals surface area contributed by atoms with Crippen molar-refractivity contribution in [1.82, 2.24) is 10.2 Å². The number of fused-ring (bicyclic) bond motifs is 1. The number of benzene rings is 2. The van der Waals surface area contributed by atoms with Crippen LogP contribution in [0.25, 0.3) is 21.2 Å². The largest absolute Gasteiger partial charge is 0.497 e. The van der Waals surface area contributed by atoms with Gasteiger partial charge in [-0.25, -0.2) is 0 Å². The first-order valence-electron chi connectivity index (χ1n) is 9.45. The van der Waals surface area contributed by atoms with Crippen molar-refractivity contribution < 1.29 is 14.3 Å². The van der Waals surface area contributed by atoms with Crippen LogP contribution in [0.3, 0.4) is 0 Å². The number of likely N-dealkylation sites (tertiary alicyclic amines) is 1. The summed E-state index contributed by atoms with van der Waals surface area (Å²) in [6.45, 7) is 1.11. The molecule has 29 heavy (non-hydrogen) atoms.